The van der Waals surface area contributed by atoms with E-state index in [0.29, 0.717) is 0 Å². The van der Waals surface area contributed by atoms with E-state index in [2.05, 4.69) is 22.9 Å². The fourth-order valence-corrected chi connectivity index (χ4v) is 1.61. The first-order valence-corrected chi connectivity index (χ1v) is 4.71. The van der Waals surface area contributed by atoms with E-state index >= 15 is 0 Å². The van der Waals surface area contributed by atoms with E-state index < -0.39 is 0 Å². The van der Waals surface area contributed by atoms with Gasteiger partial charge in [-0.1, -0.05) is 15.9 Å². The molecule has 1 rings (SSSR count). The summed E-state index contributed by atoms with van der Waals surface area (Å²) in [5, 5.41) is 0. The minimum Gasteiger partial charge on any atom is -0.493 e. The van der Waals surface area contributed by atoms with E-state index in [0.717, 1.165) is 28.0 Å². The third-order valence-electron chi connectivity index (χ3n) is 1.82. The number of hydrogen-bond acceptors (Lipinski definition) is 2. The lowest BCUT2D eigenvalue weighted by molar-refractivity contribution is 0.354. The zero-order valence-corrected chi connectivity index (χ0v) is 9.35. The summed E-state index contributed by atoms with van der Waals surface area (Å²) in [5.41, 5.74) is 1.11. The number of hydrogen-bond donors (Lipinski definition) is 0. The fraction of sp³-hybridized carbons (Fsp3) is 0.300. The molecule has 0 aliphatic heterocycles. The van der Waals surface area contributed by atoms with Gasteiger partial charge in [0.25, 0.3) is 0 Å². The van der Waals surface area contributed by atoms with Gasteiger partial charge in [-0.3, -0.25) is 0 Å². The van der Waals surface area contributed by atoms with Crippen LogP contribution in [0.4, 0.5) is 0 Å². The molecule has 3 heteroatoms. The standard InChI is InChI=1S/C10H12BrO2/c1-4-7-5-9(12-2)10(13-3)6-8(7)11/h5-6H,1,4H2,2-3H3. The largest absolute Gasteiger partial charge is 0.493 e. The molecule has 0 fully saturated rings. The average molecular weight is 244 g/mol. The molecule has 0 bridgehead atoms. The highest BCUT2D eigenvalue weighted by Crippen LogP contribution is 2.33. The topological polar surface area (TPSA) is 18.5 Å². The average Bonchev–Trinajstić information content (AvgIpc) is 2.17. The van der Waals surface area contributed by atoms with E-state index in [1.54, 1.807) is 14.2 Å². The van der Waals surface area contributed by atoms with Crippen LogP contribution in [0.5, 0.6) is 11.5 Å². The monoisotopic (exact) mass is 243 g/mol. The summed E-state index contributed by atoms with van der Waals surface area (Å²) in [5.74, 6) is 1.47. The smallest absolute Gasteiger partial charge is 0.161 e. The third-order valence-corrected chi connectivity index (χ3v) is 2.56. The first kappa shape index (κ1) is 10.4. The Labute approximate surface area is 87.0 Å². The highest BCUT2D eigenvalue weighted by molar-refractivity contribution is 9.10. The number of ether oxygens (including phenoxy) is 2. The molecular weight excluding hydrogens is 232 g/mol. The second-order valence-corrected chi connectivity index (χ2v) is 3.40. The Kier molecular flexibility index (Phi) is 3.60. The maximum absolute atomic E-state index is 5.16. The lowest BCUT2D eigenvalue weighted by Gasteiger charge is -2.10. The van der Waals surface area contributed by atoms with Gasteiger partial charge in [0.05, 0.1) is 14.2 Å². The Morgan fingerprint density at radius 2 is 1.77 bits per heavy atom. The van der Waals surface area contributed by atoms with Crippen LogP contribution in [0.1, 0.15) is 5.56 Å². The molecule has 71 valence electrons. The highest BCUT2D eigenvalue weighted by atomic mass is 79.9. The fourth-order valence-electron chi connectivity index (χ4n) is 1.09. The van der Waals surface area contributed by atoms with Crippen molar-refractivity contribution in [3.63, 3.8) is 0 Å². The predicted molar refractivity (Wildman–Crippen MR) is 56.3 cm³/mol. The normalized spacial score (nSPS) is 9.85. The Hall–Kier alpha value is -0.700. The molecule has 0 spiro atoms. The van der Waals surface area contributed by atoms with Crippen molar-refractivity contribution in [2.45, 2.75) is 6.42 Å². The quantitative estimate of drug-likeness (QED) is 0.813. The zero-order chi connectivity index (χ0) is 9.84. The molecule has 0 aliphatic carbocycles. The van der Waals surface area contributed by atoms with Crippen LogP contribution >= 0.6 is 15.9 Å². The molecule has 0 N–H and O–H groups in total. The second-order valence-electron chi connectivity index (χ2n) is 2.55. The zero-order valence-electron chi connectivity index (χ0n) is 7.76. The molecular formula is C10H12BrO2. The van der Waals surface area contributed by atoms with Crippen LogP contribution in [0.3, 0.4) is 0 Å². The number of benzene rings is 1. The molecule has 0 unspecified atom stereocenters. The molecule has 0 atom stereocenters. The van der Waals surface area contributed by atoms with Crippen LogP contribution in [0.2, 0.25) is 0 Å². The van der Waals surface area contributed by atoms with Crippen molar-refractivity contribution in [3.8, 4) is 11.5 Å². The molecule has 0 aliphatic rings. The molecule has 0 saturated heterocycles. The van der Waals surface area contributed by atoms with Crippen molar-refractivity contribution in [2.75, 3.05) is 14.2 Å². The van der Waals surface area contributed by atoms with Crippen molar-refractivity contribution in [1.29, 1.82) is 0 Å². The molecule has 0 aromatic heterocycles. The van der Waals surface area contributed by atoms with Crippen molar-refractivity contribution >= 4 is 15.9 Å². The molecule has 1 aromatic rings. The summed E-state index contributed by atoms with van der Waals surface area (Å²) >= 11 is 3.44. The molecule has 0 amide bonds. The summed E-state index contributed by atoms with van der Waals surface area (Å²) < 4.78 is 11.3. The van der Waals surface area contributed by atoms with Crippen LogP contribution < -0.4 is 9.47 Å². The summed E-state index contributed by atoms with van der Waals surface area (Å²) in [7, 11) is 3.24. The van der Waals surface area contributed by atoms with E-state index in [1.807, 2.05) is 12.1 Å². The third kappa shape index (κ3) is 2.15. The molecule has 1 aromatic carbocycles. The maximum atomic E-state index is 5.16. The van der Waals surface area contributed by atoms with Gasteiger partial charge in [0.1, 0.15) is 0 Å². The van der Waals surface area contributed by atoms with Crippen LogP contribution in [-0.2, 0) is 6.42 Å². The van der Waals surface area contributed by atoms with Gasteiger partial charge in [-0.15, -0.1) is 0 Å². The van der Waals surface area contributed by atoms with Gasteiger partial charge in [-0.25, -0.2) is 0 Å². The Balaban J connectivity index is 3.18. The summed E-state index contributed by atoms with van der Waals surface area (Å²) in [6.07, 6.45) is 0.723. The maximum Gasteiger partial charge on any atom is 0.161 e. The summed E-state index contributed by atoms with van der Waals surface area (Å²) in [4.78, 5) is 0. The molecule has 0 heterocycles. The highest BCUT2D eigenvalue weighted by Gasteiger charge is 2.07. The molecule has 2 nitrogen and oxygen atoms in total. The van der Waals surface area contributed by atoms with Gasteiger partial charge in [-0.2, -0.15) is 0 Å². The predicted octanol–water partition coefficient (Wildman–Crippen LogP) is 2.84. The Morgan fingerprint density at radius 3 is 2.23 bits per heavy atom. The van der Waals surface area contributed by atoms with E-state index in [1.165, 1.54) is 0 Å². The second kappa shape index (κ2) is 4.51. The lowest BCUT2D eigenvalue weighted by Crippen LogP contribution is -1.93. The number of halogens is 1. The van der Waals surface area contributed by atoms with Crippen molar-refractivity contribution < 1.29 is 9.47 Å². The Bertz CT molecular complexity index is 297. The van der Waals surface area contributed by atoms with E-state index in [9.17, 15) is 0 Å². The van der Waals surface area contributed by atoms with Gasteiger partial charge >= 0.3 is 0 Å². The molecule has 0 saturated carbocycles. The summed E-state index contributed by atoms with van der Waals surface area (Å²) in [6.45, 7) is 3.82. The van der Waals surface area contributed by atoms with Crippen molar-refractivity contribution in [2.24, 2.45) is 0 Å². The van der Waals surface area contributed by atoms with Gasteiger partial charge in [0.15, 0.2) is 11.5 Å². The first-order chi connectivity index (χ1) is 6.22. The van der Waals surface area contributed by atoms with Gasteiger partial charge in [0.2, 0.25) is 0 Å². The van der Waals surface area contributed by atoms with Crippen LogP contribution in [0.15, 0.2) is 16.6 Å². The number of methoxy groups -OCH3 is 2. The van der Waals surface area contributed by atoms with Crippen LogP contribution in [-0.4, -0.2) is 14.2 Å². The van der Waals surface area contributed by atoms with Gasteiger partial charge < -0.3 is 9.47 Å². The van der Waals surface area contributed by atoms with Crippen molar-refractivity contribution in [3.05, 3.63) is 29.1 Å². The molecule has 13 heavy (non-hydrogen) atoms. The SMILES string of the molecule is [CH2]Cc1cc(OC)c(OC)cc1Br. The number of rotatable bonds is 3. The van der Waals surface area contributed by atoms with Gasteiger partial charge in [-0.05, 0) is 31.0 Å². The molecule has 1 radical (unpaired) electrons. The lowest BCUT2D eigenvalue weighted by atomic mass is 10.1. The minimum absolute atomic E-state index is 0.723. The van der Waals surface area contributed by atoms with Gasteiger partial charge in [0, 0.05) is 4.47 Å². The van der Waals surface area contributed by atoms with E-state index in [-0.39, 0.29) is 0 Å². The first-order valence-electron chi connectivity index (χ1n) is 3.92. The summed E-state index contributed by atoms with van der Waals surface area (Å²) in [6, 6.07) is 3.81. The minimum atomic E-state index is 0.723. The van der Waals surface area contributed by atoms with Crippen LogP contribution in [0.25, 0.3) is 0 Å². The Morgan fingerprint density at radius 1 is 1.23 bits per heavy atom. The van der Waals surface area contributed by atoms with E-state index in [4.69, 9.17) is 9.47 Å². The van der Waals surface area contributed by atoms with Crippen molar-refractivity contribution in [1.82, 2.24) is 0 Å². The van der Waals surface area contributed by atoms with Crippen LogP contribution in [0, 0.1) is 6.92 Å².